The smallest absolute Gasteiger partial charge is 0.225 e. The van der Waals surface area contributed by atoms with E-state index in [9.17, 15) is 4.79 Å². The average molecular weight is 306 g/mol. The van der Waals surface area contributed by atoms with E-state index in [1.54, 1.807) is 7.11 Å². The van der Waals surface area contributed by atoms with E-state index in [1.165, 1.54) is 0 Å². The highest BCUT2D eigenvalue weighted by Gasteiger charge is 2.40. The van der Waals surface area contributed by atoms with E-state index in [1.807, 2.05) is 36.9 Å². The maximum atomic E-state index is 12.2. The van der Waals surface area contributed by atoms with Gasteiger partial charge in [0.05, 0.1) is 19.8 Å². The van der Waals surface area contributed by atoms with Crippen LogP contribution in [0.5, 0.6) is 11.5 Å². The number of hydrogen-bond acceptors (Lipinski definition) is 4. The molecule has 2 N–H and O–H groups in total. The van der Waals surface area contributed by atoms with Gasteiger partial charge in [-0.25, -0.2) is 0 Å². The van der Waals surface area contributed by atoms with E-state index in [2.05, 4.69) is 6.92 Å². The fourth-order valence-electron chi connectivity index (χ4n) is 3.00. The molecule has 1 fully saturated rings. The van der Waals surface area contributed by atoms with Gasteiger partial charge < -0.3 is 20.1 Å². The lowest BCUT2D eigenvalue weighted by Crippen LogP contribution is -2.37. The van der Waals surface area contributed by atoms with Gasteiger partial charge in [-0.1, -0.05) is 13.0 Å². The number of ether oxygens (including phenoxy) is 2. The Morgan fingerprint density at radius 3 is 2.68 bits per heavy atom. The van der Waals surface area contributed by atoms with Crippen molar-refractivity contribution in [2.24, 2.45) is 5.73 Å². The van der Waals surface area contributed by atoms with E-state index >= 15 is 0 Å². The molecule has 122 valence electrons. The standard InChI is InChI=1S/C17H26N2O3/c1-5-8-22-15-9-12(6-7-14(15)21-4)17-13(18)10-16(20)19(17)11(2)3/h6-7,9,11,13,17H,5,8,10,18H2,1-4H3. The third-order valence-corrected chi connectivity index (χ3v) is 3.95. The van der Waals surface area contributed by atoms with Crippen LogP contribution in [0.1, 0.15) is 45.2 Å². The zero-order valence-electron chi connectivity index (χ0n) is 13.8. The Hall–Kier alpha value is -1.75. The highest BCUT2D eigenvalue weighted by Crippen LogP contribution is 2.38. The minimum absolute atomic E-state index is 0.109. The summed E-state index contributed by atoms with van der Waals surface area (Å²) in [6, 6.07) is 5.62. The molecule has 0 aliphatic carbocycles. The second kappa shape index (κ2) is 7.01. The lowest BCUT2D eigenvalue weighted by atomic mass is 9.99. The molecule has 0 radical (unpaired) electrons. The summed E-state index contributed by atoms with van der Waals surface area (Å²) in [5.41, 5.74) is 7.21. The number of amides is 1. The van der Waals surface area contributed by atoms with Crippen molar-refractivity contribution in [1.82, 2.24) is 4.90 Å². The molecule has 1 aliphatic heterocycles. The third-order valence-electron chi connectivity index (χ3n) is 3.95. The molecule has 1 aromatic rings. The van der Waals surface area contributed by atoms with Crippen LogP contribution in [0.4, 0.5) is 0 Å². The summed E-state index contributed by atoms with van der Waals surface area (Å²) in [5, 5.41) is 0. The van der Waals surface area contributed by atoms with Crippen LogP contribution in [-0.4, -0.2) is 36.6 Å². The molecule has 1 aliphatic rings. The molecule has 0 spiro atoms. The van der Waals surface area contributed by atoms with Crippen LogP contribution >= 0.6 is 0 Å². The molecule has 5 heteroatoms. The molecular weight excluding hydrogens is 280 g/mol. The van der Waals surface area contributed by atoms with Crippen molar-refractivity contribution in [3.63, 3.8) is 0 Å². The van der Waals surface area contributed by atoms with E-state index in [4.69, 9.17) is 15.2 Å². The quantitative estimate of drug-likeness (QED) is 0.877. The fourth-order valence-corrected chi connectivity index (χ4v) is 3.00. The normalized spacial score (nSPS) is 21.5. The topological polar surface area (TPSA) is 64.8 Å². The monoisotopic (exact) mass is 306 g/mol. The molecule has 0 bridgehead atoms. The SMILES string of the molecule is CCCOc1cc(C2C(N)CC(=O)N2C(C)C)ccc1OC. The van der Waals surface area contributed by atoms with Crippen molar-refractivity contribution in [2.75, 3.05) is 13.7 Å². The van der Waals surface area contributed by atoms with Gasteiger partial charge >= 0.3 is 0 Å². The Labute approximate surface area is 132 Å². The second-order valence-electron chi connectivity index (χ2n) is 5.97. The van der Waals surface area contributed by atoms with Gasteiger partial charge in [0.2, 0.25) is 5.91 Å². The maximum absolute atomic E-state index is 12.2. The number of carbonyl (C=O) groups excluding carboxylic acids is 1. The van der Waals surface area contributed by atoms with Gasteiger partial charge in [0.15, 0.2) is 11.5 Å². The zero-order valence-corrected chi connectivity index (χ0v) is 13.8. The first-order chi connectivity index (χ1) is 10.5. The number of carbonyl (C=O) groups is 1. The number of hydrogen-bond donors (Lipinski definition) is 1. The fraction of sp³-hybridized carbons (Fsp3) is 0.588. The van der Waals surface area contributed by atoms with E-state index in [-0.39, 0.29) is 24.0 Å². The minimum Gasteiger partial charge on any atom is -0.493 e. The number of nitrogens with zero attached hydrogens (tertiary/aromatic N) is 1. The Morgan fingerprint density at radius 1 is 1.36 bits per heavy atom. The van der Waals surface area contributed by atoms with Crippen LogP contribution < -0.4 is 15.2 Å². The summed E-state index contributed by atoms with van der Waals surface area (Å²) in [7, 11) is 1.62. The number of benzene rings is 1. The van der Waals surface area contributed by atoms with Crippen molar-refractivity contribution in [3.05, 3.63) is 23.8 Å². The first kappa shape index (κ1) is 16.6. The highest BCUT2D eigenvalue weighted by molar-refractivity contribution is 5.80. The molecule has 2 rings (SSSR count). The predicted molar refractivity (Wildman–Crippen MR) is 86.1 cm³/mol. The summed E-state index contributed by atoms with van der Waals surface area (Å²) in [4.78, 5) is 14.1. The summed E-state index contributed by atoms with van der Waals surface area (Å²) < 4.78 is 11.1. The van der Waals surface area contributed by atoms with Crippen molar-refractivity contribution < 1.29 is 14.3 Å². The van der Waals surface area contributed by atoms with Gasteiger partial charge in [0, 0.05) is 18.5 Å². The van der Waals surface area contributed by atoms with Crippen LogP contribution in [0.25, 0.3) is 0 Å². The first-order valence-electron chi connectivity index (χ1n) is 7.87. The van der Waals surface area contributed by atoms with Crippen LogP contribution in [-0.2, 0) is 4.79 Å². The van der Waals surface area contributed by atoms with Gasteiger partial charge in [0.1, 0.15) is 0 Å². The summed E-state index contributed by atoms with van der Waals surface area (Å²) in [6.45, 7) is 6.72. The van der Waals surface area contributed by atoms with Crippen LogP contribution in [0, 0.1) is 0 Å². The minimum atomic E-state index is -0.192. The van der Waals surface area contributed by atoms with Crippen LogP contribution in [0.2, 0.25) is 0 Å². The van der Waals surface area contributed by atoms with Crippen molar-refractivity contribution in [3.8, 4) is 11.5 Å². The number of rotatable bonds is 6. The van der Waals surface area contributed by atoms with Gasteiger partial charge in [0.25, 0.3) is 0 Å². The van der Waals surface area contributed by atoms with Crippen LogP contribution in [0.15, 0.2) is 18.2 Å². The lowest BCUT2D eigenvalue weighted by Gasteiger charge is -2.31. The second-order valence-corrected chi connectivity index (χ2v) is 5.97. The largest absolute Gasteiger partial charge is 0.493 e. The maximum Gasteiger partial charge on any atom is 0.225 e. The van der Waals surface area contributed by atoms with E-state index in [0.717, 1.165) is 12.0 Å². The number of likely N-dealkylation sites (tertiary alicyclic amines) is 1. The summed E-state index contributed by atoms with van der Waals surface area (Å²) in [5.74, 6) is 1.52. The molecule has 22 heavy (non-hydrogen) atoms. The van der Waals surface area contributed by atoms with E-state index in [0.29, 0.717) is 24.5 Å². The molecule has 1 aromatic carbocycles. The van der Waals surface area contributed by atoms with Gasteiger partial charge in [-0.05, 0) is 38.0 Å². The Bertz CT molecular complexity index is 531. The average Bonchev–Trinajstić information content (AvgIpc) is 2.79. The molecule has 0 saturated carbocycles. The van der Waals surface area contributed by atoms with Gasteiger partial charge in [-0.2, -0.15) is 0 Å². The Kier molecular flexibility index (Phi) is 5.29. The predicted octanol–water partition coefficient (Wildman–Crippen LogP) is 2.49. The molecular formula is C17H26N2O3. The molecule has 1 heterocycles. The molecule has 2 atom stereocenters. The van der Waals surface area contributed by atoms with Crippen molar-refractivity contribution in [2.45, 2.75) is 51.7 Å². The zero-order chi connectivity index (χ0) is 16.3. The molecule has 2 unspecified atom stereocenters. The number of methoxy groups -OCH3 is 1. The van der Waals surface area contributed by atoms with Crippen molar-refractivity contribution in [1.29, 1.82) is 0 Å². The number of nitrogens with two attached hydrogens (primary N) is 1. The molecule has 1 amide bonds. The molecule has 0 aromatic heterocycles. The highest BCUT2D eigenvalue weighted by atomic mass is 16.5. The van der Waals surface area contributed by atoms with Crippen molar-refractivity contribution >= 4 is 5.91 Å². The Balaban J connectivity index is 2.36. The molecule has 1 saturated heterocycles. The van der Waals surface area contributed by atoms with Crippen LogP contribution in [0.3, 0.4) is 0 Å². The third kappa shape index (κ3) is 3.19. The Morgan fingerprint density at radius 2 is 2.09 bits per heavy atom. The van der Waals surface area contributed by atoms with Gasteiger partial charge in [-0.3, -0.25) is 4.79 Å². The van der Waals surface area contributed by atoms with Gasteiger partial charge in [-0.15, -0.1) is 0 Å². The summed E-state index contributed by atoms with van der Waals surface area (Å²) in [6.07, 6.45) is 1.31. The molecule has 5 nitrogen and oxygen atoms in total. The van der Waals surface area contributed by atoms with E-state index < -0.39 is 0 Å². The first-order valence-corrected chi connectivity index (χ1v) is 7.87. The lowest BCUT2D eigenvalue weighted by molar-refractivity contribution is -0.130. The summed E-state index contributed by atoms with van der Waals surface area (Å²) >= 11 is 0.